The van der Waals surface area contributed by atoms with Gasteiger partial charge in [-0.05, 0) is 48.2 Å². The van der Waals surface area contributed by atoms with Crippen LogP contribution in [0.5, 0.6) is 0 Å². The first-order valence-electron chi connectivity index (χ1n) is 9.81. The van der Waals surface area contributed by atoms with Crippen molar-refractivity contribution in [2.24, 2.45) is 5.92 Å². The van der Waals surface area contributed by atoms with Crippen LogP contribution in [0, 0.1) is 5.92 Å². The molecule has 1 heterocycles. The molecule has 2 amide bonds. The van der Waals surface area contributed by atoms with Crippen molar-refractivity contribution in [2.75, 3.05) is 13.1 Å². The first kappa shape index (κ1) is 22.2. The molecule has 1 fully saturated rings. The number of fused-ring (bicyclic) bond motifs is 1. The van der Waals surface area contributed by atoms with Crippen molar-refractivity contribution in [3.63, 3.8) is 0 Å². The van der Waals surface area contributed by atoms with Crippen LogP contribution in [0.15, 0.2) is 42.5 Å². The van der Waals surface area contributed by atoms with E-state index in [2.05, 4.69) is 22.0 Å². The number of carbonyl (C=O) groups is 2. The summed E-state index contributed by atoms with van der Waals surface area (Å²) in [5.41, 5.74) is 0.951. The zero-order valence-electron chi connectivity index (χ0n) is 16.5. The van der Waals surface area contributed by atoms with Gasteiger partial charge in [0.2, 0.25) is 11.8 Å². The number of amides is 2. The first-order chi connectivity index (χ1) is 13.0. The fourth-order valence-electron chi connectivity index (χ4n) is 3.55. The second-order valence-corrected chi connectivity index (χ2v) is 7.68. The molecule has 3 N–H and O–H groups in total. The average Bonchev–Trinajstić information content (AvgIpc) is 2.66. The molecule has 152 valence electrons. The van der Waals surface area contributed by atoms with Gasteiger partial charge in [-0.1, -0.05) is 56.3 Å². The molecule has 2 aromatic rings. The molecule has 0 aromatic heterocycles. The summed E-state index contributed by atoms with van der Waals surface area (Å²) >= 11 is 0. The highest BCUT2D eigenvalue weighted by Gasteiger charge is 2.26. The third-order valence-electron chi connectivity index (χ3n) is 5.13. The smallest absolute Gasteiger partial charge is 0.243 e. The minimum atomic E-state index is -0.507. The second-order valence-electron chi connectivity index (χ2n) is 7.68. The Kier molecular flexibility index (Phi) is 8.27. The maximum absolute atomic E-state index is 12.7. The predicted molar refractivity (Wildman–Crippen MR) is 116 cm³/mol. The Morgan fingerprint density at radius 2 is 1.75 bits per heavy atom. The van der Waals surface area contributed by atoms with Gasteiger partial charge in [0.25, 0.3) is 0 Å². The molecular weight excluding hydrogens is 374 g/mol. The number of nitrogens with one attached hydrogen (secondary N) is 3. The lowest BCUT2D eigenvalue weighted by Crippen LogP contribution is -2.53. The van der Waals surface area contributed by atoms with Crippen molar-refractivity contribution in [1.82, 2.24) is 16.0 Å². The van der Waals surface area contributed by atoms with Crippen molar-refractivity contribution in [3.8, 4) is 0 Å². The second kappa shape index (κ2) is 10.4. The van der Waals surface area contributed by atoms with Gasteiger partial charge in [0.05, 0.1) is 6.42 Å². The zero-order valence-corrected chi connectivity index (χ0v) is 17.4. The molecule has 0 radical (unpaired) electrons. The fraction of sp³-hybridized carbons (Fsp3) is 0.455. The van der Waals surface area contributed by atoms with E-state index in [9.17, 15) is 9.59 Å². The van der Waals surface area contributed by atoms with Gasteiger partial charge >= 0.3 is 0 Å². The number of carbonyl (C=O) groups excluding carboxylic acids is 2. The minimum Gasteiger partial charge on any atom is -0.351 e. The molecule has 0 aliphatic carbocycles. The molecule has 0 saturated carbocycles. The highest BCUT2D eigenvalue weighted by Crippen LogP contribution is 2.16. The van der Waals surface area contributed by atoms with Crippen molar-refractivity contribution in [3.05, 3.63) is 48.0 Å². The van der Waals surface area contributed by atoms with Gasteiger partial charge in [-0.2, -0.15) is 0 Å². The van der Waals surface area contributed by atoms with Gasteiger partial charge in [0, 0.05) is 6.04 Å². The fourth-order valence-corrected chi connectivity index (χ4v) is 3.55. The molecule has 6 heteroatoms. The largest absolute Gasteiger partial charge is 0.351 e. The van der Waals surface area contributed by atoms with Crippen LogP contribution in [-0.2, 0) is 16.0 Å². The number of hydrogen-bond acceptors (Lipinski definition) is 3. The van der Waals surface area contributed by atoms with Crippen molar-refractivity contribution >= 4 is 35.0 Å². The number of halogens is 1. The number of piperidine rings is 1. The van der Waals surface area contributed by atoms with Crippen molar-refractivity contribution in [2.45, 2.75) is 45.2 Å². The van der Waals surface area contributed by atoms with Crippen LogP contribution in [0.4, 0.5) is 0 Å². The van der Waals surface area contributed by atoms with Crippen molar-refractivity contribution in [1.29, 1.82) is 0 Å². The summed E-state index contributed by atoms with van der Waals surface area (Å²) in [6, 6.07) is 13.8. The van der Waals surface area contributed by atoms with E-state index in [0.717, 1.165) is 42.3 Å². The highest BCUT2D eigenvalue weighted by molar-refractivity contribution is 5.90. The zero-order chi connectivity index (χ0) is 19.2. The number of hydrogen-bond donors (Lipinski definition) is 3. The van der Waals surface area contributed by atoms with Gasteiger partial charge in [-0.3, -0.25) is 9.59 Å². The van der Waals surface area contributed by atoms with Crippen LogP contribution in [0.2, 0.25) is 0 Å². The van der Waals surface area contributed by atoms with Crippen LogP contribution in [0.25, 0.3) is 10.8 Å². The van der Waals surface area contributed by atoms with E-state index in [1.807, 2.05) is 50.2 Å². The Morgan fingerprint density at radius 1 is 1.07 bits per heavy atom. The molecule has 2 aromatic carbocycles. The first-order valence-corrected chi connectivity index (χ1v) is 9.81. The molecule has 5 nitrogen and oxygen atoms in total. The molecule has 1 saturated heterocycles. The molecular formula is C22H30ClN3O2. The maximum atomic E-state index is 12.7. The van der Waals surface area contributed by atoms with E-state index in [1.165, 1.54) is 0 Å². The van der Waals surface area contributed by atoms with E-state index in [0.29, 0.717) is 0 Å². The Morgan fingerprint density at radius 3 is 2.43 bits per heavy atom. The number of rotatable bonds is 6. The lowest BCUT2D eigenvalue weighted by atomic mass is 10.00. The summed E-state index contributed by atoms with van der Waals surface area (Å²) in [6.07, 6.45) is 2.14. The highest BCUT2D eigenvalue weighted by atomic mass is 35.5. The standard InChI is InChI=1S/C22H29N3O2.ClH/c1-15(2)21(22(27)24-19-9-11-23-12-10-19)25-20(26)14-16-7-8-17-5-3-4-6-18(17)13-16;/h3-8,13,15,19,21,23H,9-12,14H2,1-2H3,(H,24,27)(H,25,26);1H. The SMILES string of the molecule is CC(C)C(NC(=O)Cc1ccc2ccccc2c1)C(=O)NC1CCNCC1.Cl. The lowest BCUT2D eigenvalue weighted by molar-refractivity contribution is -0.130. The van der Waals surface area contributed by atoms with E-state index >= 15 is 0 Å². The normalized spacial score (nSPS) is 15.7. The molecule has 28 heavy (non-hydrogen) atoms. The molecule has 3 rings (SSSR count). The summed E-state index contributed by atoms with van der Waals surface area (Å²) in [5, 5.41) is 11.6. The predicted octanol–water partition coefficient (Wildman–Crippen LogP) is 2.81. The van der Waals surface area contributed by atoms with Crippen LogP contribution < -0.4 is 16.0 Å². The van der Waals surface area contributed by atoms with Gasteiger partial charge in [-0.25, -0.2) is 0 Å². The molecule has 1 aliphatic heterocycles. The summed E-state index contributed by atoms with van der Waals surface area (Å²) in [5.74, 6) is -0.166. The molecule has 1 unspecified atom stereocenters. The van der Waals surface area contributed by atoms with Crippen LogP contribution in [0.3, 0.4) is 0 Å². The van der Waals surface area contributed by atoms with Crippen molar-refractivity contribution < 1.29 is 9.59 Å². The van der Waals surface area contributed by atoms with E-state index in [1.54, 1.807) is 0 Å². The minimum absolute atomic E-state index is 0. The van der Waals surface area contributed by atoms with Crippen LogP contribution in [0.1, 0.15) is 32.3 Å². The summed E-state index contributed by atoms with van der Waals surface area (Å²) in [4.78, 5) is 25.2. The summed E-state index contributed by atoms with van der Waals surface area (Å²) in [6.45, 7) is 5.77. The van der Waals surface area contributed by atoms with E-state index in [4.69, 9.17) is 0 Å². The van der Waals surface area contributed by atoms with E-state index < -0.39 is 6.04 Å². The van der Waals surface area contributed by atoms with Crippen LogP contribution >= 0.6 is 12.4 Å². The monoisotopic (exact) mass is 403 g/mol. The topological polar surface area (TPSA) is 70.2 Å². The maximum Gasteiger partial charge on any atom is 0.243 e. The Balaban J connectivity index is 0.00000280. The molecule has 1 aliphatic rings. The third-order valence-corrected chi connectivity index (χ3v) is 5.13. The molecule has 0 spiro atoms. The Bertz CT molecular complexity index is 803. The van der Waals surface area contributed by atoms with Gasteiger partial charge in [0.15, 0.2) is 0 Å². The third kappa shape index (κ3) is 5.94. The molecule has 0 bridgehead atoms. The summed E-state index contributed by atoms with van der Waals surface area (Å²) in [7, 11) is 0. The Hall–Kier alpha value is -2.11. The average molecular weight is 404 g/mol. The summed E-state index contributed by atoms with van der Waals surface area (Å²) < 4.78 is 0. The quantitative estimate of drug-likeness (QED) is 0.694. The lowest BCUT2D eigenvalue weighted by Gasteiger charge is -2.28. The van der Waals surface area contributed by atoms with Gasteiger partial charge in [0.1, 0.15) is 6.04 Å². The number of benzene rings is 2. The van der Waals surface area contributed by atoms with Gasteiger partial charge < -0.3 is 16.0 Å². The Labute approximate surface area is 173 Å². The molecule has 1 atom stereocenters. The van der Waals surface area contributed by atoms with Crippen LogP contribution in [-0.4, -0.2) is 37.0 Å². The van der Waals surface area contributed by atoms with E-state index in [-0.39, 0.29) is 42.6 Å². The van der Waals surface area contributed by atoms with Gasteiger partial charge in [-0.15, -0.1) is 12.4 Å².